The van der Waals surface area contributed by atoms with Crippen LogP contribution in [0.5, 0.6) is 0 Å². The van der Waals surface area contributed by atoms with Gasteiger partial charge in [-0.05, 0) is 62.4 Å². The Morgan fingerprint density at radius 3 is 3.08 bits per heavy atom. The van der Waals surface area contributed by atoms with Gasteiger partial charge in [-0.2, -0.15) is 0 Å². The third-order valence-corrected chi connectivity index (χ3v) is 4.75. The van der Waals surface area contributed by atoms with Gasteiger partial charge < -0.3 is 9.72 Å². The lowest BCUT2D eigenvalue weighted by Gasteiger charge is -2.25. The molecule has 0 fully saturated rings. The average molecular weight is 320 g/mol. The van der Waals surface area contributed by atoms with Gasteiger partial charge in [0.05, 0.1) is 11.6 Å². The minimum absolute atomic E-state index is 0.0239. The quantitative estimate of drug-likeness (QED) is 0.789. The highest BCUT2D eigenvalue weighted by molar-refractivity contribution is 6.00. The van der Waals surface area contributed by atoms with Crippen molar-refractivity contribution in [1.82, 2.24) is 19.7 Å². The summed E-state index contributed by atoms with van der Waals surface area (Å²) in [7, 11) is 0. The molecule has 1 N–H and O–H groups in total. The van der Waals surface area contributed by atoms with E-state index in [9.17, 15) is 4.79 Å². The molecule has 1 atom stereocenters. The zero-order valence-electron chi connectivity index (χ0n) is 13.9. The van der Waals surface area contributed by atoms with Crippen molar-refractivity contribution in [3.05, 3.63) is 64.9 Å². The zero-order valence-corrected chi connectivity index (χ0v) is 13.9. The van der Waals surface area contributed by atoms with Gasteiger partial charge in [-0.15, -0.1) is 0 Å². The molecule has 3 aromatic heterocycles. The van der Waals surface area contributed by atoms with Crippen molar-refractivity contribution in [2.24, 2.45) is 0 Å². The number of pyridine rings is 1. The second-order valence-corrected chi connectivity index (χ2v) is 6.45. The maximum atomic E-state index is 12.8. The summed E-state index contributed by atoms with van der Waals surface area (Å²) in [6.07, 6.45) is 8.68. The molecule has 0 aromatic carbocycles. The van der Waals surface area contributed by atoms with Crippen LogP contribution in [0.25, 0.3) is 5.65 Å². The lowest BCUT2D eigenvalue weighted by atomic mass is 9.89. The SMILES string of the molecule is Cc1cc(C)n2ccc(C(=O)NC3CCCc4ccncc43)c2n1. The van der Waals surface area contributed by atoms with Gasteiger partial charge in [0.25, 0.3) is 5.91 Å². The number of rotatable bonds is 2. The maximum Gasteiger partial charge on any atom is 0.255 e. The second-order valence-electron chi connectivity index (χ2n) is 6.45. The third kappa shape index (κ3) is 2.46. The lowest BCUT2D eigenvalue weighted by Crippen LogP contribution is -2.31. The summed E-state index contributed by atoms with van der Waals surface area (Å²) in [5.41, 5.74) is 5.75. The number of nitrogens with one attached hydrogen (secondary N) is 1. The number of aromatic nitrogens is 3. The zero-order chi connectivity index (χ0) is 16.7. The molecule has 1 unspecified atom stereocenters. The first kappa shape index (κ1) is 14.9. The van der Waals surface area contributed by atoms with E-state index in [-0.39, 0.29) is 11.9 Å². The van der Waals surface area contributed by atoms with Crippen LogP contribution < -0.4 is 5.32 Å². The van der Waals surface area contributed by atoms with E-state index in [1.807, 2.05) is 49.0 Å². The van der Waals surface area contributed by atoms with Crippen LogP contribution in [0.4, 0.5) is 0 Å². The number of aryl methyl sites for hydroxylation is 3. The van der Waals surface area contributed by atoms with Crippen molar-refractivity contribution in [1.29, 1.82) is 0 Å². The topological polar surface area (TPSA) is 59.3 Å². The van der Waals surface area contributed by atoms with Crippen molar-refractivity contribution >= 4 is 11.6 Å². The number of fused-ring (bicyclic) bond motifs is 2. The molecule has 0 saturated carbocycles. The fraction of sp³-hybridized carbons (Fsp3) is 0.316. The first-order valence-electron chi connectivity index (χ1n) is 8.32. The van der Waals surface area contributed by atoms with E-state index in [2.05, 4.69) is 21.4 Å². The van der Waals surface area contributed by atoms with E-state index in [0.29, 0.717) is 11.2 Å². The normalized spacial score (nSPS) is 16.8. The summed E-state index contributed by atoms with van der Waals surface area (Å²) < 4.78 is 1.96. The Kier molecular flexibility index (Phi) is 3.56. The molecule has 0 radical (unpaired) electrons. The standard InChI is InChI=1S/C19H20N4O/c1-12-10-13(2)23-9-7-15(18(23)21-12)19(24)22-17-5-3-4-14-6-8-20-11-16(14)17/h6-11,17H,3-5H2,1-2H3,(H,22,24). The van der Waals surface area contributed by atoms with Crippen LogP contribution in [0.3, 0.4) is 0 Å². The molecule has 1 aliphatic carbocycles. The molecule has 3 heterocycles. The van der Waals surface area contributed by atoms with Gasteiger partial charge in [0.15, 0.2) is 0 Å². The number of nitrogens with zero attached hydrogens (tertiary/aromatic N) is 3. The molecule has 5 nitrogen and oxygen atoms in total. The number of hydrogen-bond donors (Lipinski definition) is 1. The Bertz CT molecular complexity index is 928. The van der Waals surface area contributed by atoms with Gasteiger partial charge in [0, 0.05) is 30.0 Å². The highest BCUT2D eigenvalue weighted by atomic mass is 16.1. The molecule has 1 aliphatic rings. The molecule has 0 spiro atoms. The van der Waals surface area contributed by atoms with E-state index in [0.717, 1.165) is 36.2 Å². The summed E-state index contributed by atoms with van der Waals surface area (Å²) >= 11 is 0. The second kappa shape index (κ2) is 5.74. The average Bonchev–Trinajstić information content (AvgIpc) is 2.99. The van der Waals surface area contributed by atoms with Crippen LogP contribution in [0.15, 0.2) is 36.8 Å². The largest absolute Gasteiger partial charge is 0.345 e. The van der Waals surface area contributed by atoms with Crippen LogP contribution in [0.1, 0.15) is 51.8 Å². The lowest BCUT2D eigenvalue weighted by molar-refractivity contribution is 0.0934. The minimum Gasteiger partial charge on any atom is -0.345 e. The number of carbonyl (C=O) groups is 1. The van der Waals surface area contributed by atoms with Crippen molar-refractivity contribution in [2.75, 3.05) is 0 Å². The van der Waals surface area contributed by atoms with E-state index >= 15 is 0 Å². The van der Waals surface area contributed by atoms with Crippen LogP contribution >= 0.6 is 0 Å². The molecule has 3 aromatic rings. The van der Waals surface area contributed by atoms with Crippen molar-refractivity contribution in [3.63, 3.8) is 0 Å². The molecule has 0 aliphatic heterocycles. The van der Waals surface area contributed by atoms with E-state index in [1.165, 1.54) is 5.56 Å². The predicted molar refractivity (Wildman–Crippen MR) is 92.0 cm³/mol. The van der Waals surface area contributed by atoms with Gasteiger partial charge in [0.2, 0.25) is 0 Å². The van der Waals surface area contributed by atoms with E-state index < -0.39 is 0 Å². The molecular formula is C19H20N4O. The summed E-state index contributed by atoms with van der Waals surface area (Å²) in [6, 6.07) is 5.93. The van der Waals surface area contributed by atoms with Crippen LogP contribution in [0.2, 0.25) is 0 Å². The first-order chi connectivity index (χ1) is 11.6. The molecule has 24 heavy (non-hydrogen) atoms. The van der Waals surface area contributed by atoms with Crippen molar-refractivity contribution in [3.8, 4) is 0 Å². The predicted octanol–water partition coefficient (Wildman–Crippen LogP) is 3.15. The summed E-state index contributed by atoms with van der Waals surface area (Å²) in [5, 5.41) is 3.18. The monoisotopic (exact) mass is 320 g/mol. The number of carbonyl (C=O) groups excluding carboxylic acids is 1. The molecule has 5 heteroatoms. The van der Waals surface area contributed by atoms with Gasteiger partial charge >= 0.3 is 0 Å². The van der Waals surface area contributed by atoms with E-state index in [4.69, 9.17) is 0 Å². The maximum absolute atomic E-state index is 12.8. The van der Waals surface area contributed by atoms with Crippen LogP contribution in [-0.4, -0.2) is 20.3 Å². The summed E-state index contributed by atoms with van der Waals surface area (Å²) in [4.78, 5) is 21.6. The third-order valence-electron chi connectivity index (χ3n) is 4.75. The van der Waals surface area contributed by atoms with Gasteiger partial charge in [-0.25, -0.2) is 4.98 Å². The van der Waals surface area contributed by atoms with Crippen LogP contribution in [-0.2, 0) is 6.42 Å². The Balaban J connectivity index is 1.66. The summed E-state index contributed by atoms with van der Waals surface area (Å²) in [5.74, 6) is -0.0725. The Morgan fingerprint density at radius 1 is 1.33 bits per heavy atom. The molecule has 0 saturated heterocycles. The first-order valence-corrected chi connectivity index (χ1v) is 8.32. The van der Waals surface area contributed by atoms with Crippen molar-refractivity contribution in [2.45, 2.75) is 39.2 Å². The number of amides is 1. The Hall–Kier alpha value is -2.69. The fourth-order valence-corrected chi connectivity index (χ4v) is 3.59. The molecule has 0 bridgehead atoms. The highest BCUT2D eigenvalue weighted by Crippen LogP contribution is 2.29. The Labute approximate surface area is 140 Å². The minimum atomic E-state index is -0.0725. The van der Waals surface area contributed by atoms with Gasteiger partial charge in [0.1, 0.15) is 5.65 Å². The highest BCUT2D eigenvalue weighted by Gasteiger charge is 2.23. The van der Waals surface area contributed by atoms with Gasteiger partial charge in [-0.1, -0.05) is 0 Å². The van der Waals surface area contributed by atoms with E-state index in [1.54, 1.807) is 0 Å². The number of hydrogen-bond acceptors (Lipinski definition) is 3. The molecule has 4 rings (SSSR count). The Morgan fingerprint density at radius 2 is 2.21 bits per heavy atom. The molecule has 122 valence electrons. The van der Waals surface area contributed by atoms with Crippen molar-refractivity contribution < 1.29 is 4.79 Å². The fourth-order valence-electron chi connectivity index (χ4n) is 3.59. The summed E-state index contributed by atoms with van der Waals surface area (Å²) in [6.45, 7) is 3.97. The molecule has 1 amide bonds. The smallest absolute Gasteiger partial charge is 0.255 e. The van der Waals surface area contributed by atoms with Gasteiger partial charge in [-0.3, -0.25) is 9.78 Å². The van der Waals surface area contributed by atoms with Crippen LogP contribution in [0, 0.1) is 13.8 Å². The molecular weight excluding hydrogens is 300 g/mol.